The third-order valence-corrected chi connectivity index (χ3v) is 2.90. The number of hydrogen-bond donors (Lipinski definition) is 2. The van der Waals surface area contributed by atoms with Crippen molar-refractivity contribution in [2.75, 3.05) is 6.61 Å². The second-order valence-electron chi connectivity index (χ2n) is 3.82. The molecule has 13 heavy (non-hydrogen) atoms. The number of fused-ring (bicyclic) bond motifs is 1. The average molecular weight is 177 g/mol. The lowest BCUT2D eigenvalue weighted by molar-refractivity contribution is 0.179. The minimum atomic E-state index is -0.491. The molecule has 1 atom stereocenters. The molecule has 70 valence electrons. The van der Waals surface area contributed by atoms with Crippen molar-refractivity contribution in [3.05, 3.63) is 35.4 Å². The van der Waals surface area contributed by atoms with Gasteiger partial charge in [0, 0.05) is 0 Å². The summed E-state index contributed by atoms with van der Waals surface area (Å²) in [4.78, 5) is 0. The lowest BCUT2D eigenvalue weighted by Gasteiger charge is -2.33. The second-order valence-corrected chi connectivity index (χ2v) is 3.82. The number of benzene rings is 1. The van der Waals surface area contributed by atoms with Crippen molar-refractivity contribution in [3.63, 3.8) is 0 Å². The van der Waals surface area contributed by atoms with Crippen LogP contribution in [0.25, 0.3) is 0 Å². The van der Waals surface area contributed by atoms with E-state index in [1.807, 2.05) is 18.2 Å². The quantitative estimate of drug-likeness (QED) is 0.676. The Morgan fingerprint density at radius 3 is 2.92 bits per heavy atom. The normalized spacial score (nSPS) is 26.9. The summed E-state index contributed by atoms with van der Waals surface area (Å²) in [5, 5.41) is 9.27. The minimum absolute atomic E-state index is 0.0456. The van der Waals surface area contributed by atoms with Gasteiger partial charge in [0.2, 0.25) is 0 Å². The number of nitrogens with two attached hydrogens (primary N) is 1. The Balaban J connectivity index is 2.48. The van der Waals surface area contributed by atoms with Crippen molar-refractivity contribution >= 4 is 0 Å². The van der Waals surface area contributed by atoms with E-state index < -0.39 is 5.54 Å². The van der Waals surface area contributed by atoms with Gasteiger partial charge in [-0.3, -0.25) is 0 Å². The molecule has 1 aromatic carbocycles. The first-order valence-corrected chi connectivity index (χ1v) is 4.74. The van der Waals surface area contributed by atoms with E-state index >= 15 is 0 Å². The van der Waals surface area contributed by atoms with Crippen LogP contribution in [0.2, 0.25) is 0 Å². The van der Waals surface area contributed by atoms with Crippen LogP contribution in [0.15, 0.2) is 24.3 Å². The Morgan fingerprint density at radius 2 is 2.15 bits per heavy atom. The third kappa shape index (κ3) is 1.36. The zero-order valence-corrected chi connectivity index (χ0v) is 7.66. The van der Waals surface area contributed by atoms with Gasteiger partial charge in [0.05, 0.1) is 12.1 Å². The molecule has 0 unspecified atom stereocenters. The van der Waals surface area contributed by atoms with E-state index in [0.29, 0.717) is 0 Å². The van der Waals surface area contributed by atoms with Crippen LogP contribution >= 0.6 is 0 Å². The van der Waals surface area contributed by atoms with E-state index in [9.17, 15) is 5.11 Å². The summed E-state index contributed by atoms with van der Waals surface area (Å²) in [6.07, 6.45) is 3.06. The molecule has 0 bridgehead atoms. The van der Waals surface area contributed by atoms with Crippen LogP contribution in [0.1, 0.15) is 24.0 Å². The smallest absolute Gasteiger partial charge is 0.0653 e. The van der Waals surface area contributed by atoms with Crippen LogP contribution < -0.4 is 5.73 Å². The molecule has 0 saturated heterocycles. The van der Waals surface area contributed by atoms with Crippen LogP contribution in [0, 0.1) is 0 Å². The maximum Gasteiger partial charge on any atom is 0.0653 e. The number of aryl methyl sites for hydroxylation is 1. The van der Waals surface area contributed by atoms with E-state index in [1.54, 1.807) is 0 Å². The molecule has 0 heterocycles. The lowest BCUT2D eigenvalue weighted by Crippen LogP contribution is -2.43. The molecule has 2 rings (SSSR count). The zero-order chi connectivity index (χ0) is 9.31. The summed E-state index contributed by atoms with van der Waals surface area (Å²) in [5.74, 6) is 0. The monoisotopic (exact) mass is 177 g/mol. The summed E-state index contributed by atoms with van der Waals surface area (Å²) in [5.41, 5.74) is 8.05. The molecule has 0 fully saturated rings. The highest BCUT2D eigenvalue weighted by Gasteiger charge is 2.31. The Hall–Kier alpha value is -0.860. The summed E-state index contributed by atoms with van der Waals surface area (Å²) < 4.78 is 0. The Kier molecular flexibility index (Phi) is 2.10. The predicted octanol–water partition coefficient (Wildman–Crippen LogP) is 1.17. The largest absolute Gasteiger partial charge is 0.394 e. The first kappa shape index (κ1) is 8.73. The molecule has 0 aromatic heterocycles. The maximum atomic E-state index is 9.27. The molecule has 2 heteroatoms. The highest BCUT2D eigenvalue weighted by Crippen LogP contribution is 2.32. The number of rotatable bonds is 1. The van der Waals surface area contributed by atoms with Gasteiger partial charge in [-0.2, -0.15) is 0 Å². The van der Waals surface area contributed by atoms with E-state index in [-0.39, 0.29) is 6.61 Å². The van der Waals surface area contributed by atoms with Crippen molar-refractivity contribution in [2.45, 2.75) is 24.8 Å². The summed E-state index contributed by atoms with van der Waals surface area (Å²) in [6.45, 7) is 0.0456. The van der Waals surface area contributed by atoms with Crippen LogP contribution in [-0.4, -0.2) is 11.7 Å². The lowest BCUT2D eigenvalue weighted by atomic mass is 9.78. The standard InChI is InChI=1S/C11H15NO/c12-11(8-13)7-3-5-9-4-1-2-6-10(9)11/h1-2,4,6,13H,3,5,7-8,12H2/t11-/m1/s1. The van der Waals surface area contributed by atoms with E-state index in [4.69, 9.17) is 5.73 Å². The highest BCUT2D eigenvalue weighted by atomic mass is 16.3. The summed E-state index contributed by atoms with van der Waals surface area (Å²) in [6, 6.07) is 8.15. The molecular weight excluding hydrogens is 162 g/mol. The van der Waals surface area contributed by atoms with E-state index in [2.05, 4.69) is 6.07 Å². The zero-order valence-electron chi connectivity index (χ0n) is 7.66. The maximum absolute atomic E-state index is 9.27. The van der Waals surface area contributed by atoms with Crippen LogP contribution in [0.3, 0.4) is 0 Å². The fourth-order valence-corrected chi connectivity index (χ4v) is 2.12. The van der Waals surface area contributed by atoms with Crippen molar-refractivity contribution in [2.24, 2.45) is 5.73 Å². The number of hydrogen-bond acceptors (Lipinski definition) is 2. The molecular formula is C11H15NO. The van der Waals surface area contributed by atoms with Crippen molar-refractivity contribution in [3.8, 4) is 0 Å². The van der Waals surface area contributed by atoms with Crippen LogP contribution in [0.4, 0.5) is 0 Å². The van der Waals surface area contributed by atoms with Gasteiger partial charge in [0.15, 0.2) is 0 Å². The average Bonchev–Trinajstić information content (AvgIpc) is 2.19. The summed E-state index contributed by atoms with van der Waals surface area (Å²) >= 11 is 0. The fraction of sp³-hybridized carbons (Fsp3) is 0.455. The van der Waals surface area contributed by atoms with Gasteiger partial charge >= 0.3 is 0 Å². The molecule has 0 spiro atoms. The first-order valence-electron chi connectivity index (χ1n) is 4.74. The molecule has 1 aliphatic carbocycles. The van der Waals surface area contributed by atoms with Gasteiger partial charge < -0.3 is 10.8 Å². The van der Waals surface area contributed by atoms with Crippen molar-refractivity contribution < 1.29 is 5.11 Å². The van der Waals surface area contributed by atoms with Gasteiger partial charge in [-0.25, -0.2) is 0 Å². The van der Waals surface area contributed by atoms with Crippen LogP contribution in [-0.2, 0) is 12.0 Å². The van der Waals surface area contributed by atoms with Crippen molar-refractivity contribution in [1.29, 1.82) is 0 Å². The Labute approximate surface area is 78.4 Å². The highest BCUT2D eigenvalue weighted by molar-refractivity contribution is 5.35. The van der Waals surface area contributed by atoms with Gasteiger partial charge in [0.25, 0.3) is 0 Å². The molecule has 0 aliphatic heterocycles. The molecule has 1 aromatic rings. The van der Waals surface area contributed by atoms with Gasteiger partial charge in [-0.05, 0) is 30.4 Å². The fourth-order valence-electron chi connectivity index (χ4n) is 2.12. The molecule has 2 nitrogen and oxygen atoms in total. The van der Waals surface area contributed by atoms with Crippen LogP contribution in [0.5, 0.6) is 0 Å². The molecule has 0 amide bonds. The molecule has 1 aliphatic rings. The molecule has 0 radical (unpaired) electrons. The SMILES string of the molecule is N[C@@]1(CO)CCCc2ccccc21. The minimum Gasteiger partial charge on any atom is -0.394 e. The Bertz CT molecular complexity index is 311. The molecule has 3 N–H and O–H groups in total. The van der Waals surface area contributed by atoms with Gasteiger partial charge in [0.1, 0.15) is 0 Å². The van der Waals surface area contributed by atoms with Crippen molar-refractivity contribution in [1.82, 2.24) is 0 Å². The number of aliphatic hydroxyl groups is 1. The number of aliphatic hydroxyl groups excluding tert-OH is 1. The van der Waals surface area contributed by atoms with Gasteiger partial charge in [-0.15, -0.1) is 0 Å². The van der Waals surface area contributed by atoms with Gasteiger partial charge in [-0.1, -0.05) is 24.3 Å². The molecule has 0 saturated carbocycles. The second kappa shape index (κ2) is 3.13. The van der Waals surface area contributed by atoms with E-state index in [1.165, 1.54) is 5.56 Å². The first-order chi connectivity index (χ1) is 6.26. The third-order valence-electron chi connectivity index (χ3n) is 2.90. The van der Waals surface area contributed by atoms with E-state index in [0.717, 1.165) is 24.8 Å². The predicted molar refractivity (Wildman–Crippen MR) is 52.3 cm³/mol. The Morgan fingerprint density at radius 1 is 1.38 bits per heavy atom. The summed E-state index contributed by atoms with van der Waals surface area (Å²) in [7, 11) is 0. The topological polar surface area (TPSA) is 46.2 Å².